The molecule has 0 aromatic carbocycles. The molecule has 1 fully saturated rings. The quantitative estimate of drug-likeness (QED) is 0.609. The topological polar surface area (TPSA) is 77.8 Å². The fraction of sp³-hybridized carbons (Fsp3) is 1.00. The molecule has 1 heterocycles. The summed E-state index contributed by atoms with van der Waals surface area (Å²) >= 11 is 0. The van der Waals surface area contributed by atoms with Crippen molar-refractivity contribution in [3.8, 4) is 0 Å². The van der Waals surface area contributed by atoms with Gasteiger partial charge in [0.05, 0.1) is 6.04 Å². The van der Waals surface area contributed by atoms with Crippen molar-refractivity contribution in [2.45, 2.75) is 30.7 Å². The first-order valence-corrected chi connectivity index (χ1v) is 5.78. The third-order valence-electron chi connectivity index (χ3n) is 2.46. The van der Waals surface area contributed by atoms with Gasteiger partial charge in [0.1, 0.15) is 0 Å². The minimum atomic E-state index is -4.32. The number of aliphatic hydroxyl groups is 1. The van der Waals surface area contributed by atoms with Gasteiger partial charge in [-0.15, -0.1) is 0 Å². The number of nitrogens with zero attached hydrogens (tertiary/aromatic N) is 1. The smallest absolute Gasteiger partial charge is 0.293 e. The fourth-order valence-corrected chi connectivity index (χ4v) is 2.40. The Kier molecular flexibility index (Phi) is 3.28. The molecule has 0 spiro atoms. The van der Waals surface area contributed by atoms with Crippen LogP contribution < -0.4 is 0 Å². The van der Waals surface area contributed by atoms with Crippen molar-refractivity contribution < 1.29 is 18.1 Å². The Morgan fingerprint density at radius 2 is 2.08 bits per heavy atom. The summed E-state index contributed by atoms with van der Waals surface area (Å²) in [6, 6.07) is -0.469. The van der Waals surface area contributed by atoms with Crippen LogP contribution >= 0.6 is 0 Å². The summed E-state index contributed by atoms with van der Waals surface area (Å²) in [6.07, 6.45) is 2.50. The molecule has 5 nitrogen and oxygen atoms in total. The summed E-state index contributed by atoms with van der Waals surface area (Å²) in [4.78, 5) is 1.77. The SMILES string of the molecule is CN1CCCC[C@H]1C(O)S(=O)(=O)O. The van der Waals surface area contributed by atoms with E-state index in [-0.39, 0.29) is 0 Å². The largest absolute Gasteiger partial charge is 0.374 e. The lowest BCUT2D eigenvalue weighted by Crippen LogP contribution is -2.47. The maximum absolute atomic E-state index is 10.7. The highest BCUT2D eigenvalue weighted by Crippen LogP contribution is 2.20. The predicted molar refractivity (Wildman–Crippen MR) is 47.8 cm³/mol. The molecule has 1 aliphatic heterocycles. The Balaban J connectivity index is 2.70. The Labute approximate surface area is 78.1 Å². The van der Waals surface area contributed by atoms with Gasteiger partial charge in [-0.05, 0) is 26.4 Å². The third-order valence-corrected chi connectivity index (χ3v) is 3.39. The second-order valence-corrected chi connectivity index (χ2v) is 4.96. The molecule has 1 unspecified atom stereocenters. The van der Waals surface area contributed by atoms with E-state index in [4.69, 9.17) is 4.55 Å². The third kappa shape index (κ3) is 2.63. The van der Waals surface area contributed by atoms with E-state index in [1.807, 2.05) is 0 Å². The van der Waals surface area contributed by atoms with Gasteiger partial charge >= 0.3 is 0 Å². The number of likely N-dealkylation sites (N-methyl/N-ethyl adjacent to an activating group) is 1. The number of likely N-dealkylation sites (tertiary alicyclic amines) is 1. The van der Waals surface area contributed by atoms with E-state index < -0.39 is 21.6 Å². The summed E-state index contributed by atoms with van der Waals surface area (Å²) < 4.78 is 30.0. The van der Waals surface area contributed by atoms with Crippen LogP contribution in [-0.4, -0.2) is 48.0 Å². The zero-order valence-corrected chi connectivity index (χ0v) is 8.37. The fourth-order valence-electron chi connectivity index (χ4n) is 1.66. The minimum Gasteiger partial charge on any atom is -0.374 e. The minimum absolute atomic E-state index is 0.469. The Morgan fingerprint density at radius 1 is 1.46 bits per heavy atom. The average Bonchev–Trinajstić information content (AvgIpc) is 2.02. The highest BCUT2D eigenvalue weighted by molar-refractivity contribution is 7.86. The van der Waals surface area contributed by atoms with Crippen molar-refractivity contribution in [1.29, 1.82) is 0 Å². The van der Waals surface area contributed by atoms with Gasteiger partial charge in [-0.25, -0.2) is 0 Å². The highest BCUT2D eigenvalue weighted by Gasteiger charge is 2.33. The van der Waals surface area contributed by atoms with Gasteiger partial charge in [-0.3, -0.25) is 9.45 Å². The lowest BCUT2D eigenvalue weighted by molar-refractivity contribution is 0.0822. The van der Waals surface area contributed by atoms with Crippen LogP contribution in [0.4, 0.5) is 0 Å². The van der Waals surface area contributed by atoms with Crippen molar-refractivity contribution in [2.24, 2.45) is 0 Å². The lowest BCUT2D eigenvalue weighted by Gasteiger charge is -2.34. The van der Waals surface area contributed by atoms with E-state index in [9.17, 15) is 13.5 Å². The van der Waals surface area contributed by atoms with E-state index >= 15 is 0 Å². The zero-order valence-electron chi connectivity index (χ0n) is 7.55. The molecule has 0 aromatic heterocycles. The summed E-state index contributed by atoms with van der Waals surface area (Å²) in [6.45, 7) is 0.761. The van der Waals surface area contributed by atoms with Crippen LogP contribution in [-0.2, 0) is 10.1 Å². The molecule has 78 valence electrons. The molecular weight excluding hydrogens is 194 g/mol. The summed E-state index contributed by atoms with van der Waals surface area (Å²) in [5, 5.41) is 9.30. The standard InChI is InChI=1S/C7H15NO4S/c1-8-5-3-2-4-6(8)7(9)13(10,11)12/h6-7,9H,2-5H2,1H3,(H,10,11,12)/t6-,7?/m0/s1. The molecule has 2 atom stereocenters. The number of aliphatic hydroxyl groups excluding tert-OH is 1. The van der Waals surface area contributed by atoms with Crippen LogP contribution in [0, 0.1) is 0 Å². The number of piperidine rings is 1. The first kappa shape index (κ1) is 10.9. The molecule has 1 saturated heterocycles. The van der Waals surface area contributed by atoms with Crippen LogP contribution in [0.15, 0.2) is 0 Å². The van der Waals surface area contributed by atoms with E-state index in [0.29, 0.717) is 6.42 Å². The Hall–Kier alpha value is -0.170. The number of hydrogen-bond donors (Lipinski definition) is 2. The summed E-state index contributed by atoms with van der Waals surface area (Å²) in [5.74, 6) is 0. The van der Waals surface area contributed by atoms with Gasteiger partial charge in [-0.2, -0.15) is 8.42 Å². The molecule has 0 saturated carbocycles. The van der Waals surface area contributed by atoms with Gasteiger partial charge in [-0.1, -0.05) is 6.42 Å². The highest BCUT2D eigenvalue weighted by atomic mass is 32.2. The lowest BCUT2D eigenvalue weighted by atomic mass is 10.0. The van der Waals surface area contributed by atoms with E-state index in [0.717, 1.165) is 19.4 Å². The number of rotatable bonds is 2. The summed E-state index contributed by atoms with van der Waals surface area (Å²) in [7, 11) is -2.57. The molecule has 0 radical (unpaired) electrons. The second-order valence-electron chi connectivity index (χ2n) is 3.45. The van der Waals surface area contributed by atoms with E-state index in [1.54, 1.807) is 11.9 Å². The van der Waals surface area contributed by atoms with Gasteiger partial charge in [0.15, 0.2) is 5.44 Å². The normalized spacial score (nSPS) is 28.7. The Bertz CT molecular complexity index is 264. The van der Waals surface area contributed by atoms with Crippen LogP contribution in [0.3, 0.4) is 0 Å². The van der Waals surface area contributed by atoms with E-state index in [1.165, 1.54) is 0 Å². The Morgan fingerprint density at radius 3 is 2.54 bits per heavy atom. The first-order valence-electron chi connectivity index (χ1n) is 4.27. The van der Waals surface area contributed by atoms with Gasteiger partial charge < -0.3 is 5.11 Å². The number of hydrogen-bond acceptors (Lipinski definition) is 4. The molecular formula is C7H15NO4S. The van der Waals surface area contributed by atoms with Crippen molar-refractivity contribution in [3.63, 3.8) is 0 Å². The first-order chi connectivity index (χ1) is 5.93. The molecule has 1 aliphatic rings. The average molecular weight is 209 g/mol. The molecule has 6 heteroatoms. The summed E-state index contributed by atoms with van der Waals surface area (Å²) in [5.41, 5.74) is -1.67. The molecule has 0 amide bonds. The molecule has 0 bridgehead atoms. The van der Waals surface area contributed by atoms with E-state index in [2.05, 4.69) is 0 Å². The van der Waals surface area contributed by atoms with Crippen molar-refractivity contribution in [2.75, 3.05) is 13.6 Å². The molecule has 13 heavy (non-hydrogen) atoms. The zero-order chi connectivity index (χ0) is 10.1. The van der Waals surface area contributed by atoms with Crippen LogP contribution in [0.25, 0.3) is 0 Å². The van der Waals surface area contributed by atoms with Gasteiger partial charge in [0.2, 0.25) is 0 Å². The molecule has 0 aromatic rings. The monoisotopic (exact) mass is 209 g/mol. The maximum Gasteiger partial charge on any atom is 0.293 e. The van der Waals surface area contributed by atoms with Crippen molar-refractivity contribution in [1.82, 2.24) is 4.90 Å². The van der Waals surface area contributed by atoms with Crippen molar-refractivity contribution in [3.05, 3.63) is 0 Å². The molecule has 2 N–H and O–H groups in total. The van der Waals surface area contributed by atoms with Crippen LogP contribution in [0.1, 0.15) is 19.3 Å². The second kappa shape index (κ2) is 3.91. The van der Waals surface area contributed by atoms with Gasteiger partial charge in [0, 0.05) is 0 Å². The van der Waals surface area contributed by atoms with Crippen LogP contribution in [0.5, 0.6) is 0 Å². The van der Waals surface area contributed by atoms with Crippen molar-refractivity contribution >= 4 is 10.1 Å². The molecule has 1 rings (SSSR count). The van der Waals surface area contributed by atoms with Crippen LogP contribution in [0.2, 0.25) is 0 Å². The maximum atomic E-state index is 10.7. The van der Waals surface area contributed by atoms with Gasteiger partial charge in [0.25, 0.3) is 10.1 Å². The molecule has 0 aliphatic carbocycles. The predicted octanol–water partition coefficient (Wildman–Crippen LogP) is -0.323.